The number of benzene rings is 4. The maximum atomic E-state index is 14.0. The number of anilines is 1. The molecule has 4 aromatic rings. The molecule has 0 aliphatic carbocycles. The van der Waals surface area contributed by atoms with E-state index in [4.69, 9.17) is 14.3 Å². The largest absolute Gasteiger partial charge is 0.488 e. The van der Waals surface area contributed by atoms with Gasteiger partial charge in [-0.2, -0.15) is 5.06 Å². The average molecular weight is 565 g/mol. The summed E-state index contributed by atoms with van der Waals surface area (Å²) in [5, 5.41) is 5.01. The minimum absolute atomic E-state index is 0.275. The summed E-state index contributed by atoms with van der Waals surface area (Å²) in [4.78, 5) is 32.3. The molecule has 4 aromatic carbocycles. The Bertz CT molecular complexity index is 1500. The predicted octanol–water partition coefficient (Wildman–Crippen LogP) is 7.10. The van der Waals surface area contributed by atoms with Crippen LogP contribution in [-0.2, 0) is 16.2 Å². The van der Waals surface area contributed by atoms with Crippen LogP contribution in [0.2, 0.25) is 0 Å². The molecule has 1 amide bonds. The van der Waals surface area contributed by atoms with Crippen LogP contribution in [0.5, 0.6) is 5.75 Å². The third kappa shape index (κ3) is 7.05. The number of ether oxygens (including phenoxy) is 2. The van der Waals surface area contributed by atoms with Crippen LogP contribution in [0.1, 0.15) is 57.5 Å². The molecule has 0 radical (unpaired) electrons. The standard InChI is InChI=1S/C35H36N2O5/c1-3-42-37-20-18-27(19-21-37)28-15-17-33(41-24-25-10-6-4-7-11-25)31(22-28)34(38)36-32-23-29(26-12-8-5-9-13-26)14-16-30(32)35(39)40-2/h4-17,22-23,27H,3,18-21,24H2,1-2H3,(H,36,38). The second-order valence-corrected chi connectivity index (χ2v) is 10.2. The smallest absolute Gasteiger partial charge is 0.339 e. The van der Waals surface area contributed by atoms with Crippen molar-refractivity contribution in [1.29, 1.82) is 0 Å². The van der Waals surface area contributed by atoms with E-state index in [1.165, 1.54) is 7.11 Å². The number of hydrogen-bond donors (Lipinski definition) is 1. The van der Waals surface area contributed by atoms with Gasteiger partial charge in [0, 0.05) is 13.1 Å². The van der Waals surface area contributed by atoms with Crippen molar-refractivity contribution < 1.29 is 23.9 Å². The Morgan fingerprint density at radius 3 is 2.24 bits per heavy atom. The van der Waals surface area contributed by atoms with E-state index in [-0.39, 0.29) is 11.5 Å². The fourth-order valence-corrected chi connectivity index (χ4v) is 5.28. The lowest BCUT2D eigenvalue weighted by molar-refractivity contribution is -0.166. The zero-order valence-electron chi connectivity index (χ0n) is 24.0. The van der Waals surface area contributed by atoms with Crippen molar-refractivity contribution in [1.82, 2.24) is 5.06 Å². The molecule has 0 unspecified atom stereocenters. The number of carbonyl (C=O) groups excluding carboxylic acids is 2. The van der Waals surface area contributed by atoms with Crippen LogP contribution >= 0.6 is 0 Å². The Morgan fingerprint density at radius 2 is 1.55 bits per heavy atom. The first kappa shape index (κ1) is 29.0. The van der Waals surface area contributed by atoms with Gasteiger partial charge in [-0.05, 0) is 72.2 Å². The van der Waals surface area contributed by atoms with Crippen LogP contribution in [0.15, 0.2) is 97.1 Å². The molecule has 0 atom stereocenters. The topological polar surface area (TPSA) is 77.1 Å². The molecule has 0 spiro atoms. The summed E-state index contributed by atoms with van der Waals surface area (Å²) < 4.78 is 11.2. The van der Waals surface area contributed by atoms with Crippen LogP contribution in [0, 0.1) is 0 Å². The van der Waals surface area contributed by atoms with Crippen molar-refractivity contribution in [2.75, 3.05) is 32.1 Å². The van der Waals surface area contributed by atoms with Crippen LogP contribution in [0.25, 0.3) is 11.1 Å². The maximum absolute atomic E-state index is 14.0. The molecule has 0 saturated carbocycles. The molecule has 1 aliphatic heterocycles. The molecule has 1 N–H and O–H groups in total. The highest BCUT2D eigenvalue weighted by Crippen LogP contribution is 2.33. The molecular formula is C35H36N2O5. The summed E-state index contributed by atoms with van der Waals surface area (Å²) in [5.74, 6) is -0.114. The van der Waals surface area contributed by atoms with Crippen LogP contribution < -0.4 is 10.1 Å². The van der Waals surface area contributed by atoms with Crippen molar-refractivity contribution >= 4 is 17.6 Å². The van der Waals surface area contributed by atoms with Crippen molar-refractivity contribution in [2.24, 2.45) is 0 Å². The van der Waals surface area contributed by atoms with Gasteiger partial charge in [-0.25, -0.2) is 4.79 Å². The number of hydroxylamine groups is 2. The highest BCUT2D eigenvalue weighted by molar-refractivity contribution is 6.10. The maximum Gasteiger partial charge on any atom is 0.339 e. The van der Waals surface area contributed by atoms with E-state index in [1.807, 2.05) is 96.9 Å². The van der Waals surface area contributed by atoms with Gasteiger partial charge in [0.25, 0.3) is 5.91 Å². The van der Waals surface area contributed by atoms with Gasteiger partial charge in [-0.1, -0.05) is 72.8 Å². The molecule has 216 valence electrons. The summed E-state index contributed by atoms with van der Waals surface area (Å²) in [7, 11) is 1.33. The zero-order valence-corrected chi connectivity index (χ0v) is 24.0. The SMILES string of the molecule is CCON1CCC(c2ccc(OCc3ccccc3)c(C(=O)Nc3cc(-c4ccccc4)ccc3C(=O)OC)c2)CC1. The van der Waals surface area contributed by atoms with E-state index < -0.39 is 5.97 Å². The molecule has 5 rings (SSSR count). The van der Waals surface area contributed by atoms with Gasteiger partial charge < -0.3 is 14.8 Å². The van der Waals surface area contributed by atoms with Crippen molar-refractivity contribution in [3.8, 4) is 16.9 Å². The third-order valence-corrected chi connectivity index (χ3v) is 7.50. The van der Waals surface area contributed by atoms with Gasteiger partial charge in [-0.3, -0.25) is 9.63 Å². The summed E-state index contributed by atoms with van der Waals surface area (Å²) >= 11 is 0. The minimum atomic E-state index is -0.528. The molecule has 1 heterocycles. The molecular weight excluding hydrogens is 528 g/mol. The van der Waals surface area contributed by atoms with E-state index in [2.05, 4.69) is 5.32 Å². The first-order valence-corrected chi connectivity index (χ1v) is 14.3. The van der Waals surface area contributed by atoms with Gasteiger partial charge in [0.1, 0.15) is 12.4 Å². The number of nitrogens with zero attached hydrogens (tertiary/aromatic N) is 1. The van der Waals surface area contributed by atoms with Crippen LogP contribution in [0.3, 0.4) is 0 Å². The normalized spacial score (nSPS) is 13.9. The van der Waals surface area contributed by atoms with Crippen molar-refractivity contribution in [3.63, 3.8) is 0 Å². The third-order valence-electron chi connectivity index (χ3n) is 7.50. The second kappa shape index (κ2) is 13.9. The molecule has 0 aromatic heterocycles. The lowest BCUT2D eigenvalue weighted by atomic mass is 9.89. The van der Waals surface area contributed by atoms with E-state index in [0.29, 0.717) is 36.1 Å². The Balaban J connectivity index is 1.46. The van der Waals surface area contributed by atoms with Crippen molar-refractivity contribution in [3.05, 3.63) is 119 Å². The van der Waals surface area contributed by atoms with E-state index in [1.54, 1.807) is 12.1 Å². The van der Waals surface area contributed by atoms with Gasteiger partial charge in [0.05, 0.1) is 30.5 Å². The summed E-state index contributed by atoms with van der Waals surface area (Å²) in [5.41, 5.74) is 4.98. The molecule has 1 aliphatic rings. The second-order valence-electron chi connectivity index (χ2n) is 10.2. The van der Waals surface area contributed by atoms with Gasteiger partial charge >= 0.3 is 5.97 Å². The quantitative estimate of drug-likeness (QED) is 0.207. The number of amides is 1. The lowest BCUT2D eigenvalue weighted by Crippen LogP contribution is -2.33. The summed E-state index contributed by atoms with van der Waals surface area (Å²) in [6.45, 7) is 4.64. The number of rotatable bonds is 10. The summed E-state index contributed by atoms with van der Waals surface area (Å²) in [6, 6.07) is 30.8. The number of esters is 1. The molecule has 42 heavy (non-hydrogen) atoms. The molecule has 1 fully saturated rings. The number of methoxy groups -OCH3 is 1. The average Bonchev–Trinajstić information content (AvgIpc) is 3.04. The van der Waals surface area contributed by atoms with Crippen molar-refractivity contribution in [2.45, 2.75) is 32.3 Å². The van der Waals surface area contributed by atoms with Crippen LogP contribution in [0.4, 0.5) is 5.69 Å². The highest BCUT2D eigenvalue weighted by atomic mass is 16.7. The molecule has 1 saturated heterocycles. The number of hydrogen-bond acceptors (Lipinski definition) is 6. The number of piperidine rings is 1. The monoisotopic (exact) mass is 564 g/mol. The first-order chi connectivity index (χ1) is 20.6. The zero-order chi connectivity index (χ0) is 29.3. The van der Waals surface area contributed by atoms with E-state index >= 15 is 0 Å². The Morgan fingerprint density at radius 1 is 0.833 bits per heavy atom. The fourth-order valence-electron chi connectivity index (χ4n) is 5.28. The summed E-state index contributed by atoms with van der Waals surface area (Å²) in [6.07, 6.45) is 1.85. The highest BCUT2D eigenvalue weighted by Gasteiger charge is 2.24. The predicted molar refractivity (Wildman–Crippen MR) is 164 cm³/mol. The van der Waals surface area contributed by atoms with Gasteiger partial charge in [0.15, 0.2) is 0 Å². The lowest BCUT2D eigenvalue weighted by Gasteiger charge is -2.31. The minimum Gasteiger partial charge on any atom is -0.488 e. The Hall–Kier alpha value is -4.46. The van der Waals surface area contributed by atoms with Gasteiger partial charge in [0.2, 0.25) is 0 Å². The fraction of sp³-hybridized carbons (Fsp3) is 0.257. The molecule has 0 bridgehead atoms. The molecule has 7 heteroatoms. The number of nitrogens with one attached hydrogen (secondary N) is 1. The first-order valence-electron chi connectivity index (χ1n) is 14.3. The van der Waals surface area contributed by atoms with Gasteiger partial charge in [-0.15, -0.1) is 0 Å². The number of carbonyl (C=O) groups is 2. The molecule has 7 nitrogen and oxygen atoms in total. The van der Waals surface area contributed by atoms with Crippen LogP contribution in [-0.4, -0.2) is 43.7 Å². The van der Waals surface area contributed by atoms with E-state index in [9.17, 15) is 9.59 Å². The Labute approximate surface area is 247 Å². The van der Waals surface area contributed by atoms with E-state index in [0.717, 1.165) is 48.2 Å². The Kier molecular flexibility index (Phi) is 9.64.